The zero-order valence-electron chi connectivity index (χ0n) is 20.5. The van der Waals surface area contributed by atoms with Gasteiger partial charge in [-0.3, -0.25) is 15.1 Å². The van der Waals surface area contributed by atoms with Crippen LogP contribution in [0.3, 0.4) is 0 Å². The van der Waals surface area contributed by atoms with E-state index >= 15 is 0 Å². The van der Waals surface area contributed by atoms with Gasteiger partial charge in [-0.05, 0) is 72.1 Å². The molecule has 0 radical (unpaired) electrons. The summed E-state index contributed by atoms with van der Waals surface area (Å²) in [5, 5.41) is 15.9. The molecule has 1 aliphatic rings. The van der Waals surface area contributed by atoms with Crippen LogP contribution in [0.4, 0.5) is 0 Å². The molecule has 7 rings (SSSR count). The van der Waals surface area contributed by atoms with Crippen molar-refractivity contribution in [3.05, 3.63) is 78.2 Å². The van der Waals surface area contributed by atoms with Crippen molar-refractivity contribution in [3.63, 3.8) is 0 Å². The van der Waals surface area contributed by atoms with Gasteiger partial charge in [0.25, 0.3) is 0 Å². The average molecular weight is 505 g/mol. The van der Waals surface area contributed by atoms with E-state index in [4.69, 9.17) is 0 Å². The first-order valence-corrected chi connectivity index (χ1v) is 13.8. The van der Waals surface area contributed by atoms with E-state index in [1.807, 2.05) is 24.8 Å². The molecule has 5 heterocycles. The molecule has 0 bridgehead atoms. The number of nitrogens with one attached hydrogen (secondary N) is 3. The highest BCUT2D eigenvalue weighted by molar-refractivity contribution is 7.13. The molecule has 1 fully saturated rings. The van der Waals surface area contributed by atoms with Gasteiger partial charge in [-0.25, -0.2) is 0 Å². The second-order valence-electron chi connectivity index (χ2n) is 10.0. The molecule has 5 aromatic heterocycles. The lowest BCUT2D eigenvalue weighted by Gasteiger charge is -2.11. The van der Waals surface area contributed by atoms with E-state index < -0.39 is 0 Å². The van der Waals surface area contributed by atoms with E-state index in [-0.39, 0.29) is 0 Å². The Bertz CT molecular complexity index is 1670. The third-order valence-electron chi connectivity index (χ3n) is 7.52. The fourth-order valence-electron chi connectivity index (χ4n) is 5.58. The number of nitrogens with zero attached hydrogens (tertiary/aromatic N) is 3. The Hall–Kier alpha value is -3.81. The van der Waals surface area contributed by atoms with Crippen LogP contribution in [0, 0.1) is 5.92 Å². The van der Waals surface area contributed by atoms with Gasteiger partial charge in [0.05, 0.1) is 22.9 Å². The van der Waals surface area contributed by atoms with Gasteiger partial charge in [0.2, 0.25) is 0 Å². The van der Waals surface area contributed by atoms with Gasteiger partial charge < -0.3 is 10.3 Å². The van der Waals surface area contributed by atoms with Crippen LogP contribution >= 0.6 is 11.3 Å². The van der Waals surface area contributed by atoms with Crippen molar-refractivity contribution in [3.8, 4) is 33.0 Å². The number of H-pyrrole nitrogens is 2. The number of thiophene rings is 1. The molecule has 0 amide bonds. The Balaban J connectivity index is 1.20. The molecule has 37 heavy (non-hydrogen) atoms. The van der Waals surface area contributed by atoms with Gasteiger partial charge in [-0.1, -0.05) is 25.0 Å². The molecule has 3 N–H and O–H groups in total. The summed E-state index contributed by atoms with van der Waals surface area (Å²) in [6.07, 6.45) is 13.2. The summed E-state index contributed by atoms with van der Waals surface area (Å²) >= 11 is 1.73. The van der Waals surface area contributed by atoms with Gasteiger partial charge in [-0.15, -0.1) is 11.3 Å². The van der Waals surface area contributed by atoms with Crippen LogP contribution in [0.15, 0.2) is 72.6 Å². The molecule has 0 atom stereocenters. The Morgan fingerprint density at radius 3 is 2.70 bits per heavy atom. The second kappa shape index (κ2) is 9.57. The monoisotopic (exact) mass is 504 g/mol. The molecule has 0 saturated heterocycles. The topological polar surface area (TPSA) is 82.3 Å². The average Bonchev–Trinajstić information content (AvgIpc) is 3.74. The van der Waals surface area contributed by atoms with E-state index in [1.54, 1.807) is 11.3 Å². The Kier molecular flexibility index (Phi) is 5.79. The van der Waals surface area contributed by atoms with Gasteiger partial charge in [0, 0.05) is 51.9 Å². The lowest BCUT2D eigenvalue weighted by Crippen LogP contribution is -2.20. The van der Waals surface area contributed by atoms with E-state index in [0.717, 1.165) is 68.9 Å². The van der Waals surface area contributed by atoms with E-state index in [0.29, 0.717) is 0 Å². The molecule has 184 valence electrons. The molecule has 6 nitrogen and oxygen atoms in total. The SMILES string of the molecule is c1csc(-c2cncc3[nH]c(-c4n[nH]c5ccc(-c6cncc(CNCC7CCCC7)c6)cc45)cc23)c1. The van der Waals surface area contributed by atoms with Crippen molar-refractivity contribution in [2.45, 2.75) is 32.2 Å². The van der Waals surface area contributed by atoms with Crippen molar-refractivity contribution in [1.29, 1.82) is 0 Å². The molecule has 0 unspecified atom stereocenters. The predicted molar refractivity (Wildman–Crippen MR) is 151 cm³/mol. The number of aromatic amines is 2. The van der Waals surface area contributed by atoms with Crippen LogP contribution in [-0.4, -0.2) is 31.7 Å². The van der Waals surface area contributed by atoms with Crippen LogP contribution in [-0.2, 0) is 6.54 Å². The second-order valence-corrected chi connectivity index (χ2v) is 11.0. The summed E-state index contributed by atoms with van der Waals surface area (Å²) in [7, 11) is 0. The van der Waals surface area contributed by atoms with Crippen LogP contribution in [0.25, 0.3) is 54.8 Å². The lowest BCUT2D eigenvalue weighted by molar-refractivity contribution is 0.489. The fraction of sp³-hybridized carbons (Fsp3) is 0.233. The Morgan fingerprint density at radius 2 is 1.81 bits per heavy atom. The zero-order chi connectivity index (χ0) is 24.6. The molecule has 6 aromatic rings. The molecular weight excluding hydrogens is 476 g/mol. The van der Waals surface area contributed by atoms with E-state index in [2.05, 4.69) is 78.3 Å². The predicted octanol–water partition coefficient (Wildman–Crippen LogP) is 7.18. The van der Waals surface area contributed by atoms with Gasteiger partial charge in [-0.2, -0.15) is 5.10 Å². The van der Waals surface area contributed by atoms with Crippen molar-refractivity contribution in [2.75, 3.05) is 6.54 Å². The van der Waals surface area contributed by atoms with Crippen molar-refractivity contribution < 1.29 is 0 Å². The first kappa shape index (κ1) is 22.4. The van der Waals surface area contributed by atoms with E-state index in [9.17, 15) is 0 Å². The lowest BCUT2D eigenvalue weighted by atomic mass is 10.0. The highest BCUT2D eigenvalue weighted by Gasteiger charge is 2.16. The van der Waals surface area contributed by atoms with Gasteiger partial charge in [0.1, 0.15) is 5.69 Å². The summed E-state index contributed by atoms with van der Waals surface area (Å²) in [5.41, 5.74) is 8.52. The number of pyridine rings is 2. The largest absolute Gasteiger partial charge is 0.352 e. The summed E-state index contributed by atoms with van der Waals surface area (Å²) in [6.45, 7) is 1.95. The molecule has 0 spiro atoms. The normalized spacial score (nSPS) is 14.3. The molecule has 0 aliphatic heterocycles. The first-order chi connectivity index (χ1) is 18.3. The maximum absolute atomic E-state index is 4.68. The van der Waals surface area contributed by atoms with Crippen LogP contribution in [0.2, 0.25) is 0 Å². The zero-order valence-corrected chi connectivity index (χ0v) is 21.3. The third-order valence-corrected chi connectivity index (χ3v) is 8.42. The third kappa shape index (κ3) is 4.34. The number of hydrogen-bond donors (Lipinski definition) is 3. The van der Waals surface area contributed by atoms with Crippen molar-refractivity contribution in [2.24, 2.45) is 5.92 Å². The Morgan fingerprint density at radius 1 is 0.892 bits per heavy atom. The number of benzene rings is 1. The minimum Gasteiger partial charge on any atom is -0.352 e. The molecule has 1 aromatic carbocycles. The maximum atomic E-state index is 4.68. The summed E-state index contributed by atoms with van der Waals surface area (Å²) in [4.78, 5) is 13.8. The Labute approximate surface area is 219 Å². The number of rotatable bonds is 7. The van der Waals surface area contributed by atoms with E-state index in [1.165, 1.54) is 36.1 Å². The molecular formula is C30H28N6S. The minimum atomic E-state index is 0.833. The highest BCUT2D eigenvalue weighted by atomic mass is 32.1. The van der Waals surface area contributed by atoms with Crippen LogP contribution in [0.5, 0.6) is 0 Å². The van der Waals surface area contributed by atoms with Gasteiger partial charge >= 0.3 is 0 Å². The highest BCUT2D eigenvalue weighted by Crippen LogP contribution is 2.36. The number of hydrogen-bond acceptors (Lipinski definition) is 5. The maximum Gasteiger partial charge on any atom is 0.116 e. The minimum absolute atomic E-state index is 0.833. The summed E-state index contributed by atoms with van der Waals surface area (Å²) < 4.78 is 0. The summed E-state index contributed by atoms with van der Waals surface area (Å²) in [5.74, 6) is 0.833. The smallest absolute Gasteiger partial charge is 0.116 e. The molecule has 1 aliphatic carbocycles. The van der Waals surface area contributed by atoms with Crippen LogP contribution in [0.1, 0.15) is 31.2 Å². The molecule has 7 heteroatoms. The fourth-order valence-corrected chi connectivity index (χ4v) is 6.33. The van der Waals surface area contributed by atoms with Crippen molar-refractivity contribution >= 4 is 33.1 Å². The molecule has 1 saturated carbocycles. The quantitative estimate of drug-likeness (QED) is 0.215. The van der Waals surface area contributed by atoms with Gasteiger partial charge in [0.15, 0.2) is 0 Å². The first-order valence-electron chi connectivity index (χ1n) is 13.0. The summed E-state index contributed by atoms with van der Waals surface area (Å²) in [6, 6.07) is 15.1. The number of fused-ring (bicyclic) bond motifs is 2. The van der Waals surface area contributed by atoms with Crippen molar-refractivity contribution in [1.82, 2.24) is 30.5 Å². The standard InChI is InChI=1S/C30H28N6S/c1-2-5-19(4-1)13-31-14-20-10-22(16-32-15-20)21-7-8-26-24(11-21)30(36-35-26)27-12-23-25(29-6-3-9-37-29)17-33-18-28(23)34-27/h3,6-12,15-19,31,34H,1-2,4-5,13-14H2,(H,35,36). The number of aromatic nitrogens is 5. The van der Waals surface area contributed by atoms with Crippen LogP contribution < -0.4 is 5.32 Å².